The average Bonchev–Trinajstić information content (AvgIpc) is 3.20. The first kappa shape index (κ1) is 12.7. The molecule has 0 saturated heterocycles. The lowest BCUT2D eigenvalue weighted by Crippen LogP contribution is -2.36. The highest BCUT2D eigenvalue weighted by Crippen LogP contribution is 2.29. The van der Waals surface area contributed by atoms with Crippen molar-refractivity contribution < 1.29 is 9.21 Å². The van der Waals surface area contributed by atoms with Crippen LogP contribution in [-0.4, -0.2) is 26.9 Å². The molecule has 1 aliphatic heterocycles. The SMILES string of the molecule is CCn1cnc2c1CCN(C(=O)c1occ3c1CCC3)C2. The van der Waals surface area contributed by atoms with Gasteiger partial charge in [0, 0.05) is 30.8 Å². The van der Waals surface area contributed by atoms with E-state index in [9.17, 15) is 4.79 Å². The van der Waals surface area contributed by atoms with Crippen LogP contribution in [0, 0.1) is 0 Å². The minimum absolute atomic E-state index is 0.0230. The van der Waals surface area contributed by atoms with Gasteiger partial charge < -0.3 is 13.9 Å². The van der Waals surface area contributed by atoms with Gasteiger partial charge in [-0.15, -0.1) is 0 Å². The predicted octanol–water partition coefficient (Wildman–Crippen LogP) is 2.18. The average molecular weight is 285 g/mol. The fraction of sp³-hybridized carbons (Fsp3) is 0.500. The van der Waals surface area contributed by atoms with Gasteiger partial charge in [0.05, 0.1) is 24.8 Å². The first-order valence-electron chi connectivity index (χ1n) is 7.69. The maximum atomic E-state index is 12.7. The highest BCUT2D eigenvalue weighted by molar-refractivity contribution is 5.93. The van der Waals surface area contributed by atoms with E-state index in [2.05, 4.69) is 16.5 Å². The number of hydrogen-bond acceptors (Lipinski definition) is 3. The third kappa shape index (κ3) is 1.91. The molecule has 1 aliphatic carbocycles. The van der Waals surface area contributed by atoms with E-state index < -0.39 is 0 Å². The molecular formula is C16H19N3O2. The summed E-state index contributed by atoms with van der Waals surface area (Å²) in [6, 6.07) is 0. The Bertz CT molecular complexity index is 698. The zero-order valence-electron chi connectivity index (χ0n) is 12.3. The minimum atomic E-state index is 0.0230. The molecule has 3 heterocycles. The van der Waals surface area contributed by atoms with E-state index in [4.69, 9.17) is 4.42 Å². The zero-order chi connectivity index (χ0) is 14.4. The van der Waals surface area contributed by atoms with Crippen LogP contribution in [0.2, 0.25) is 0 Å². The Morgan fingerprint density at radius 3 is 3.14 bits per heavy atom. The van der Waals surface area contributed by atoms with Gasteiger partial charge in [-0.25, -0.2) is 4.98 Å². The molecule has 0 saturated carbocycles. The van der Waals surface area contributed by atoms with Crippen molar-refractivity contribution in [2.75, 3.05) is 6.54 Å². The van der Waals surface area contributed by atoms with E-state index >= 15 is 0 Å². The molecule has 4 rings (SSSR count). The molecule has 0 atom stereocenters. The summed E-state index contributed by atoms with van der Waals surface area (Å²) in [5, 5.41) is 0. The number of carbonyl (C=O) groups excluding carboxylic acids is 1. The van der Waals surface area contributed by atoms with Gasteiger partial charge in [-0.1, -0.05) is 0 Å². The van der Waals surface area contributed by atoms with Gasteiger partial charge in [0.1, 0.15) is 0 Å². The summed E-state index contributed by atoms with van der Waals surface area (Å²) < 4.78 is 7.72. The van der Waals surface area contributed by atoms with Crippen molar-refractivity contribution >= 4 is 5.91 Å². The van der Waals surface area contributed by atoms with E-state index in [1.54, 1.807) is 6.26 Å². The maximum absolute atomic E-state index is 12.7. The van der Waals surface area contributed by atoms with E-state index in [0.29, 0.717) is 12.3 Å². The number of amides is 1. The highest BCUT2D eigenvalue weighted by Gasteiger charge is 2.30. The molecule has 110 valence electrons. The van der Waals surface area contributed by atoms with Crippen molar-refractivity contribution in [1.82, 2.24) is 14.5 Å². The first-order chi connectivity index (χ1) is 10.3. The van der Waals surface area contributed by atoms with E-state index in [1.165, 1.54) is 11.3 Å². The number of imidazole rings is 1. The summed E-state index contributed by atoms with van der Waals surface area (Å²) in [6.07, 6.45) is 7.65. The van der Waals surface area contributed by atoms with Crippen LogP contribution in [0.3, 0.4) is 0 Å². The van der Waals surface area contributed by atoms with Crippen molar-refractivity contribution in [2.24, 2.45) is 0 Å². The number of carbonyl (C=O) groups is 1. The third-order valence-corrected chi connectivity index (χ3v) is 4.67. The second-order valence-corrected chi connectivity index (χ2v) is 5.82. The molecule has 0 fully saturated rings. The third-order valence-electron chi connectivity index (χ3n) is 4.67. The van der Waals surface area contributed by atoms with Gasteiger partial charge in [0.2, 0.25) is 0 Å². The first-order valence-corrected chi connectivity index (χ1v) is 7.69. The van der Waals surface area contributed by atoms with Crippen LogP contribution in [0.1, 0.15) is 46.4 Å². The van der Waals surface area contributed by atoms with Crippen LogP contribution in [0.5, 0.6) is 0 Å². The second kappa shape index (κ2) is 4.76. The molecule has 1 amide bonds. The topological polar surface area (TPSA) is 51.3 Å². The molecule has 2 aliphatic rings. The van der Waals surface area contributed by atoms with Gasteiger partial charge in [-0.3, -0.25) is 4.79 Å². The molecule has 0 spiro atoms. The Labute approximate surface area is 123 Å². The van der Waals surface area contributed by atoms with Crippen LogP contribution in [0.4, 0.5) is 0 Å². The van der Waals surface area contributed by atoms with Crippen LogP contribution in [-0.2, 0) is 32.4 Å². The summed E-state index contributed by atoms with van der Waals surface area (Å²) in [6.45, 7) is 4.39. The molecule has 0 aromatic carbocycles. The van der Waals surface area contributed by atoms with Crippen molar-refractivity contribution in [3.05, 3.63) is 40.9 Å². The Morgan fingerprint density at radius 1 is 1.38 bits per heavy atom. The van der Waals surface area contributed by atoms with Crippen molar-refractivity contribution in [1.29, 1.82) is 0 Å². The zero-order valence-corrected chi connectivity index (χ0v) is 12.3. The molecule has 0 radical (unpaired) electrons. The fourth-order valence-corrected chi connectivity index (χ4v) is 3.50. The molecule has 5 nitrogen and oxygen atoms in total. The van der Waals surface area contributed by atoms with Crippen LogP contribution in [0.15, 0.2) is 17.0 Å². The van der Waals surface area contributed by atoms with E-state index in [-0.39, 0.29) is 5.91 Å². The maximum Gasteiger partial charge on any atom is 0.290 e. The molecule has 0 N–H and O–H groups in total. The van der Waals surface area contributed by atoms with Gasteiger partial charge in [-0.05, 0) is 31.7 Å². The summed E-state index contributed by atoms with van der Waals surface area (Å²) in [4.78, 5) is 19.0. The molecule has 2 aromatic heterocycles. The standard InChI is InChI=1S/C16H19N3O2/c1-2-18-10-17-13-8-19(7-6-14(13)18)16(20)15-12-5-3-4-11(12)9-21-15/h9-10H,2-8H2,1H3. The number of nitrogens with zero attached hydrogens (tertiary/aromatic N) is 3. The van der Waals surface area contributed by atoms with Gasteiger partial charge in [0.15, 0.2) is 5.76 Å². The van der Waals surface area contributed by atoms with E-state index in [0.717, 1.165) is 50.0 Å². The lowest BCUT2D eigenvalue weighted by Gasteiger charge is -2.26. The van der Waals surface area contributed by atoms with Gasteiger partial charge >= 0.3 is 0 Å². The lowest BCUT2D eigenvalue weighted by molar-refractivity contribution is 0.0697. The molecule has 0 unspecified atom stereocenters. The number of rotatable bonds is 2. The summed E-state index contributed by atoms with van der Waals surface area (Å²) in [7, 11) is 0. The Morgan fingerprint density at radius 2 is 2.29 bits per heavy atom. The smallest absolute Gasteiger partial charge is 0.290 e. The van der Waals surface area contributed by atoms with Crippen molar-refractivity contribution in [2.45, 2.75) is 45.7 Å². The van der Waals surface area contributed by atoms with Crippen LogP contribution >= 0.6 is 0 Å². The monoisotopic (exact) mass is 285 g/mol. The van der Waals surface area contributed by atoms with Crippen molar-refractivity contribution in [3.63, 3.8) is 0 Å². The number of fused-ring (bicyclic) bond motifs is 2. The quantitative estimate of drug-likeness (QED) is 0.850. The Kier molecular flexibility index (Phi) is 2.87. The summed E-state index contributed by atoms with van der Waals surface area (Å²) >= 11 is 0. The largest absolute Gasteiger partial charge is 0.459 e. The highest BCUT2D eigenvalue weighted by atomic mass is 16.3. The van der Waals surface area contributed by atoms with Crippen LogP contribution < -0.4 is 0 Å². The molecular weight excluding hydrogens is 266 g/mol. The molecule has 0 bridgehead atoms. The minimum Gasteiger partial charge on any atom is -0.459 e. The van der Waals surface area contributed by atoms with Gasteiger partial charge in [0.25, 0.3) is 5.91 Å². The number of aromatic nitrogens is 2. The molecule has 5 heteroatoms. The normalized spacial score (nSPS) is 16.9. The Balaban J connectivity index is 1.59. The number of aryl methyl sites for hydroxylation is 2. The summed E-state index contributed by atoms with van der Waals surface area (Å²) in [5.74, 6) is 0.579. The van der Waals surface area contributed by atoms with Gasteiger partial charge in [-0.2, -0.15) is 0 Å². The molecule has 2 aromatic rings. The Hall–Kier alpha value is -2.04. The lowest BCUT2D eigenvalue weighted by atomic mass is 10.1. The predicted molar refractivity (Wildman–Crippen MR) is 77.1 cm³/mol. The second-order valence-electron chi connectivity index (χ2n) is 5.82. The number of furan rings is 1. The fourth-order valence-electron chi connectivity index (χ4n) is 3.50. The van der Waals surface area contributed by atoms with Crippen molar-refractivity contribution in [3.8, 4) is 0 Å². The summed E-state index contributed by atoms with van der Waals surface area (Å²) in [5.41, 5.74) is 4.64. The van der Waals surface area contributed by atoms with E-state index in [1.807, 2.05) is 11.2 Å². The molecule has 21 heavy (non-hydrogen) atoms. The van der Waals surface area contributed by atoms with Crippen LogP contribution in [0.25, 0.3) is 0 Å². The number of hydrogen-bond donors (Lipinski definition) is 0.